The van der Waals surface area contributed by atoms with Crippen LogP contribution in [0.1, 0.15) is 19.8 Å². The smallest absolute Gasteiger partial charge is 0.220 e. The monoisotopic (exact) mass is 117 g/mol. The average molecular weight is 117 g/mol. The lowest BCUT2D eigenvalue weighted by Gasteiger charge is -2.01. The molecule has 0 aromatic carbocycles. The fourth-order valence-electron chi connectivity index (χ4n) is 0.377. The Bertz CT molecular complexity index is 82.5. The molecule has 0 bridgehead atoms. The molecule has 3 heteroatoms. The third kappa shape index (κ3) is 3.61. The summed E-state index contributed by atoms with van der Waals surface area (Å²) in [6.07, 6.45) is 0.117. The van der Waals surface area contributed by atoms with Crippen molar-refractivity contribution in [2.24, 2.45) is 5.73 Å². The van der Waals surface area contributed by atoms with Gasteiger partial charge in [0.1, 0.15) is 0 Å². The van der Waals surface area contributed by atoms with Crippen molar-refractivity contribution >= 4 is 5.91 Å². The lowest BCUT2D eigenvalue weighted by molar-refractivity contribution is -0.119. The normalized spacial score (nSPS) is 13.2. The lowest BCUT2D eigenvalue weighted by atomic mass is 10.2. The molecule has 0 aromatic heterocycles. The summed E-state index contributed by atoms with van der Waals surface area (Å²) in [6.45, 7) is 1.80. The molecule has 0 rings (SSSR count). The first-order chi connectivity index (χ1) is 3.66. The van der Waals surface area contributed by atoms with Gasteiger partial charge in [-0.3, -0.25) is 4.79 Å². The third-order valence-electron chi connectivity index (χ3n) is 0.908. The lowest BCUT2D eigenvalue weighted by Crippen LogP contribution is -2.18. The second kappa shape index (κ2) is 3.43. The van der Waals surface area contributed by atoms with Gasteiger partial charge < -0.3 is 10.8 Å². The second-order valence-electron chi connectivity index (χ2n) is 1.73. The van der Waals surface area contributed by atoms with E-state index in [9.17, 15) is 4.79 Å². The molecule has 1 amide bonds. The summed E-state index contributed by atoms with van der Waals surface area (Å²) in [7, 11) is 0. The average Bonchev–Trinajstić information content (AvgIpc) is 1.65. The largest absolute Gasteiger partial charge is 0.393 e. The van der Waals surface area contributed by atoms with Crippen LogP contribution in [0.25, 0.3) is 0 Å². The van der Waals surface area contributed by atoms with Crippen molar-refractivity contribution in [2.45, 2.75) is 25.9 Å². The first-order valence-corrected chi connectivity index (χ1v) is 2.63. The molecule has 1 unspecified atom stereocenters. The summed E-state index contributed by atoms with van der Waals surface area (Å²) >= 11 is 0. The maximum Gasteiger partial charge on any atom is 0.220 e. The van der Waals surface area contributed by atoms with Gasteiger partial charge in [0, 0.05) is 0 Å². The number of hydrogen-bond acceptors (Lipinski definition) is 2. The first kappa shape index (κ1) is 7.43. The Morgan fingerprint density at radius 3 is 2.50 bits per heavy atom. The number of nitrogens with two attached hydrogens (primary N) is 1. The van der Waals surface area contributed by atoms with E-state index >= 15 is 0 Å². The van der Waals surface area contributed by atoms with Crippen molar-refractivity contribution in [1.29, 1.82) is 0 Å². The van der Waals surface area contributed by atoms with Gasteiger partial charge in [-0.2, -0.15) is 0 Å². The molecule has 0 spiro atoms. The van der Waals surface area contributed by atoms with Crippen molar-refractivity contribution in [3.05, 3.63) is 0 Å². The van der Waals surface area contributed by atoms with E-state index in [0.29, 0.717) is 6.42 Å². The van der Waals surface area contributed by atoms with E-state index in [0.717, 1.165) is 0 Å². The second-order valence-corrected chi connectivity index (χ2v) is 1.73. The van der Waals surface area contributed by atoms with E-state index in [1.165, 1.54) is 0 Å². The molecule has 48 valence electrons. The van der Waals surface area contributed by atoms with Crippen LogP contribution < -0.4 is 5.73 Å². The van der Waals surface area contributed by atoms with Gasteiger partial charge in [-0.05, 0) is 6.42 Å². The molecule has 3 nitrogen and oxygen atoms in total. The molecular weight excluding hydrogens is 106 g/mol. The number of hydrogen-bond donors (Lipinski definition) is 2. The van der Waals surface area contributed by atoms with Crippen molar-refractivity contribution in [2.75, 3.05) is 0 Å². The highest BCUT2D eigenvalue weighted by molar-refractivity contribution is 5.74. The highest BCUT2D eigenvalue weighted by Gasteiger charge is 2.02. The van der Waals surface area contributed by atoms with Gasteiger partial charge in [-0.15, -0.1) is 0 Å². The van der Waals surface area contributed by atoms with Crippen LogP contribution in [-0.2, 0) is 4.79 Å². The molecule has 0 aliphatic heterocycles. The van der Waals surface area contributed by atoms with E-state index in [4.69, 9.17) is 10.8 Å². The summed E-state index contributed by atoms with van der Waals surface area (Å²) in [5, 5.41) is 8.73. The van der Waals surface area contributed by atoms with Gasteiger partial charge in [0.2, 0.25) is 5.91 Å². The van der Waals surface area contributed by atoms with Crippen LogP contribution in [0.2, 0.25) is 0 Å². The fourth-order valence-corrected chi connectivity index (χ4v) is 0.377. The Kier molecular flexibility index (Phi) is 3.19. The van der Waals surface area contributed by atoms with Crippen LogP contribution in [0, 0.1) is 0 Å². The molecule has 3 N–H and O–H groups in total. The third-order valence-corrected chi connectivity index (χ3v) is 0.908. The number of aliphatic hydroxyl groups excluding tert-OH is 1. The van der Waals surface area contributed by atoms with E-state index in [1.54, 1.807) is 6.92 Å². The number of carbonyl (C=O) groups excluding carboxylic acids is 1. The molecule has 0 heterocycles. The Hall–Kier alpha value is -0.570. The summed E-state index contributed by atoms with van der Waals surface area (Å²) in [5.41, 5.74) is 4.77. The van der Waals surface area contributed by atoms with E-state index in [2.05, 4.69) is 0 Å². The predicted molar refractivity (Wildman–Crippen MR) is 30.1 cm³/mol. The molecule has 8 heavy (non-hydrogen) atoms. The minimum atomic E-state index is -0.549. The van der Waals surface area contributed by atoms with E-state index < -0.39 is 12.0 Å². The molecule has 0 aromatic rings. The van der Waals surface area contributed by atoms with Crippen LogP contribution >= 0.6 is 0 Å². The van der Waals surface area contributed by atoms with Crippen molar-refractivity contribution in [3.8, 4) is 0 Å². The molecule has 0 saturated heterocycles. The van der Waals surface area contributed by atoms with E-state index in [-0.39, 0.29) is 6.42 Å². The van der Waals surface area contributed by atoms with Gasteiger partial charge >= 0.3 is 0 Å². The Morgan fingerprint density at radius 2 is 2.38 bits per heavy atom. The minimum Gasteiger partial charge on any atom is -0.393 e. The number of amides is 1. The summed E-state index contributed by atoms with van der Waals surface area (Å²) in [6, 6.07) is 0. The van der Waals surface area contributed by atoms with Crippen LogP contribution in [0.15, 0.2) is 0 Å². The van der Waals surface area contributed by atoms with Crippen molar-refractivity contribution in [3.63, 3.8) is 0 Å². The number of primary amides is 1. The Morgan fingerprint density at radius 1 is 1.88 bits per heavy atom. The van der Waals surface area contributed by atoms with Gasteiger partial charge in [0.15, 0.2) is 0 Å². The van der Waals surface area contributed by atoms with Crippen LogP contribution in [0.5, 0.6) is 0 Å². The predicted octanol–water partition coefficient (Wildman–Crippen LogP) is -0.367. The quantitative estimate of drug-likeness (QED) is 0.530. The summed E-state index contributed by atoms with van der Waals surface area (Å²) < 4.78 is 0. The topological polar surface area (TPSA) is 63.3 Å². The fraction of sp³-hybridized carbons (Fsp3) is 0.800. The SMILES string of the molecule is CCC(O)CC(N)=O. The van der Waals surface area contributed by atoms with Gasteiger partial charge in [-0.1, -0.05) is 6.92 Å². The van der Waals surface area contributed by atoms with Crippen molar-refractivity contribution in [1.82, 2.24) is 0 Å². The van der Waals surface area contributed by atoms with Gasteiger partial charge in [0.25, 0.3) is 0 Å². The Balaban J connectivity index is 3.24. The first-order valence-electron chi connectivity index (χ1n) is 2.63. The zero-order valence-corrected chi connectivity index (χ0v) is 4.92. The zero-order chi connectivity index (χ0) is 6.57. The maximum absolute atomic E-state index is 10.0. The summed E-state index contributed by atoms with van der Waals surface area (Å²) in [5.74, 6) is -0.445. The number of rotatable bonds is 3. The standard InChI is InChI=1S/C5H11NO2/c1-2-4(7)3-5(6)8/h4,7H,2-3H2,1H3,(H2,6,8). The molecule has 0 radical (unpaired) electrons. The molecule has 1 atom stereocenters. The molecule has 0 aliphatic carbocycles. The number of carbonyl (C=O) groups is 1. The summed E-state index contributed by atoms with van der Waals surface area (Å²) in [4.78, 5) is 10.0. The van der Waals surface area contributed by atoms with Gasteiger partial charge in [-0.25, -0.2) is 0 Å². The maximum atomic E-state index is 10.0. The molecule has 0 saturated carbocycles. The Labute approximate surface area is 48.5 Å². The van der Waals surface area contributed by atoms with Crippen molar-refractivity contribution < 1.29 is 9.90 Å². The van der Waals surface area contributed by atoms with Crippen LogP contribution in [-0.4, -0.2) is 17.1 Å². The van der Waals surface area contributed by atoms with Crippen LogP contribution in [0.4, 0.5) is 0 Å². The van der Waals surface area contributed by atoms with E-state index in [1.807, 2.05) is 0 Å². The molecular formula is C5H11NO2. The highest BCUT2D eigenvalue weighted by atomic mass is 16.3. The zero-order valence-electron chi connectivity index (χ0n) is 4.92. The number of aliphatic hydroxyl groups is 1. The van der Waals surface area contributed by atoms with Gasteiger partial charge in [0.05, 0.1) is 12.5 Å². The highest BCUT2D eigenvalue weighted by Crippen LogP contribution is 1.93. The molecule has 0 aliphatic rings. The minimum absolute atomic E-state index is 0.0799. The van der Waals surface area contributed by atoms with Crippen LogP contribution in [0.3, 0.4) is 0 Å². The molecule has 0 fully saturated rings.